The highest BCUT2D eigenvalue weighted by Gasteiger charge is 2.15. The number of nitro groups is 1. The zero-order valence-corrected chi connectivity index (χ0v) is 12.7. The molecule has 2 aromatic carbocycles. The quantitative estimate of drug-likeness (QED) is 0.489. The molecule has 0 saturated carbocycles. The summed E-state index contributed by atoms with van der Waals surface area (Å²) in [5, 5.41) is 23.2. The second kappa shape index (κ2) is 7.34. The second-order valence-electron chi connectivity index (χ2n) is 4.55. The third-order valence-corrected chi connectivity index (χ3v) is 3.26. The Morgan fingerprint density at radius 3 is 2.38 bits per heavy atom. The van der Waals surface area contributed by atoms with Crippen molar-refractivity contribution in [2.75, 3.05) is 0 Å². The Morgan fingerprint density at radius 1 is 1.17 bits per heavy atom. The first-order valence-corrected chi connectivity index (χ1v) is 6.87. The van der Waals surface area contributed by atoms with Gasteiger partial charge in [-0.3, -0.25) is 14.9 Å². The molecule has 0 aliphatic heterocycles. The molecule has 0 bridgehead atoms. The number of hydrogen-bond donors (Lipinski definition) is 2. The molecule has 24 heavy (non-hydrogen) atoms. The summed E-state index contributed by atoms with van der Waals surface area (Å²) in [6, 6.07) is 9.47. The summed E-state index contributed by atoms with van der Waals surface area (Å²) in [7, 11) is 0. The molecule has 0 aromatic heterocycles. The lowest BCUT2D eigenvalue weighted by atomic mass is 10.1. The van der Waals surface area contributed by atoms with Crippen molar-refractivity contribution in [3.63, 3.8) is 0 Å². The summed E-state index contributed by atoms with van der Waals surface area (Å²) in [5.41, 5.74) is 2.57. The number of benzene rings is 2. The lowest BCUT2D eigenvalue weighted by molar-refractivity contribution is -0.384. The van der Waals surface area contributed by atoms with E-state index in [9.17, 15) is 19.7 Å². The summed E-state index contributed by atoms with van der Waals surface area (Å²) in [6.07, 6.45) is 1.31. The summed E-state index contributed by atoms with van der Waals surface area (Å²) >= 11 is 5.67. The minimum atomic E-state index is -1.05. The van der Waals surface area contributed by atoms with E-state index in [1.54, 1.807) is 0 Å². The molecule has 0 radical (unpaired) electrons. The predicted octanol–water partition coefficient (Wildman–Crippen LogP) is 2.71. The third-order valence-electron chi connectivity index (χ3n) is 2.94. The average Bonchev–Trinajstić information content (AvgIpc) is 2.55. The predicted molar refractivity (Wildman–Crippen MR) is 86.6 cm³/mol. The standard InChI is InChI=1S/C15H10ClN3O5/c16-12-6-5-11(7-13(12)19(23)24)14(20)18-17-8-9-1-3-10(4-2-9)15(21)22/h1-8H,(H,18,20)(H,21,22)/b17-8-. The maximum Gasteiger partial charge on any atom is 0.335 e. The fourth-order valence-electron chi connectivity index (χ4n) is 1.74. The molecule has 0 fully saturated rings. The number of hydrazone groups is 1. The normalized spacial score (nSPS) is 10.5. The molecule has 0 aliphatic carbocycles. The Balaban J connectivity index is 2.06. The Kier molecular flexibility index (Phi) is 5.23. The number of nitrogens with one attached hydrogen (secondary N) is 1. The maximum absolute atomic E-state index is 11.9. The number of hydrogen-bond acceptors (Lipinski definition) is 5. The minimum absolute atomic E-state index is 0.0319. The topological polar surface area (TPSA) is 122 Å². The van der Waals surface area contributed by atoms with Crippen LogP contribution in [0.3, 0.4) is 0 Å². The van der Waals surface area contributed by atoms with Crippen molar-refractivity contribution in [2.24, 2.45) is 5.10 Å². The van der Waals surface area contributed by atoms with E-state index in [4.69, 9.17) is 16.7 Å². The number of nitro benzene ring substituents is 1. The molecule has 2 aromatic rings. The zero-order valence-electron chi connectivity index (χ0n) is 12.0. The van der Waals surface area contributed by atoms with Crippen LogP contribution in [0, 0.1) is 10.1 Å². The van der Waals surface area contributed by atoms with Crippen molar-refractivity contribution in [3.05, 3.63) is 74.3 Å². The van der Waals surface area contributed by atoms with Crippen LogP contribution in [0.15, 0.2) is 47.6 Å². The zero-order chi connectivity index (χ0) is 17.7. The Morgan fingerprint density at radius 2 is 1.79 bits per heavy atom. The SMILES string of the molecule is O=C(O)c1ccc(/C=N\NC(=O)c2ccc(Cl)c([N+](=O)[O-])c2)cc1. The molecule has 0 spiro atoms. The summed E-state index contributed by atoms with van der Waals surface area (Å²) in [4.78, 5) is 32.7. The summed E-state index contributed by atoms with van der Waals surface area (Å²) in [6.45, 7) is 0. The van der Waals surface area contributed by atoms with E-state index in [1.165, 1.54) is 42.6 Å². The van der Waals surface area contributed by atoms with Crippen LogP contribution in [0.2, 0.25) is 5.02 Å². The lowest BCUT2D eigenvalue weighted by Gasteiger charge is -2.01. The van der Waals surface area contributed by atoms with Crippen molar-refractivity contribution in [3.8, 4) is 0 Å². The molecule has 0 saturated heterocycles. The second-order valence-corrected chi connectivity index (χ2v) is 4.96. The molecule has 1 amide bonds. The van der Waals surface area contributed by atoms with Gasteiger partial charge in [-0.25, -0.2) is 10.2 Å². The lowest BCUT2D eigenvalue weighted by Crippen LogP contribution is -2.17. The molecule has 0 unspecified atom stereocenters. The van der Waals surface area contributed by atoms with Crippen LogP contribution >= 0.6 is 11.6 Å². The maximum atomic E-state index is 11.9. The van der Waals surface area contributed by atoms with E-state index in [1.807, 2.05) is 0 Å². The molecule has 9 heteroatoms. The Labute approximate surface area is 140 Å². The van der Waals surface area contributed by atoms with Gasteiger partial charge in [0.25, 0.3) is 11.6 Å². The first kappa shape index (κ1) is 17.1. The third kappa shape index (κ3) is 4.14. The van der Waals surface area contributed by atoms with E-state index in [0.29, 0.717) is 5.56 Å². The molecule has 8 nitrogen and oxygen atoms in total. The fraction of sp³-hybridized carbons (Fsp3) is 0. The number of carboxylic acid groups (broad SMARTS) is 1. The number of carboxylic acids is 1. The molecular weight excluding hydrogens is 338 g/mol. The number of carbonyl (C=O) groups is 2. The number of nitrogens with zero attached hydrogens (tertiary/aromatic N) is 2. The fourth-order valence-corrected chi connectivity index (χ4v) is 1.92. The molecule has 0 aliphatic rings. The molecule has 2 N–H and O–H groups in total. The van der Waals surface area contributed by atoms with Gasteiger partial charge in [0.2, 0.25) is 0 Å². The van der Waals surface area contributed by atoms with Gasteiger partial charge in [0.15, 0.2) is 0 Å². The van der Waals surface area contributed by atoms with Gasteiger partial charge >= 0.3 is 5.97 Å². The van der Waals surface area contributed by atoms with E-state index in [-0.39, 0.29) is 21.8 Å². The molecule has 122 valence electrons. The number of aromatic carboxylic acids is 1. The highest BCUT2D eigenvalue weighted by Crippen LogP contribution is 2.24. The van der Waals surface area contributed by atoms with Crippen molar-refractivity contribution in [1.82, 2.24) is 5.43 Å². The molecule has 0 atom stereocenters. The van der Waals surface area contributed by atoms with Gasteiger partial charge in [-0.1, -0.05) is 23.7 Å². The van der Waals surface area contributed by atoms with Gasteiger partial charge in [-0.2, -0.15) is 5.10 Å². The van der Waals surface area contributed by atoms with Crippen LogP contribution in [0.25, 0.3) is 0 Å². The van der Waals surface area contributed by atoms with Gasteiger partial charge < -0.3 is 5.11 Å². The van der Waals surface area contributed by atoms with Gasteiger partial charge in [0.05, 0.1) is 16.7 Å². The van der Waals surface area contributed by atoms with Gasteiger partial charge in [0.1, 0.15) is 5.02 Å². The van der Waals surface area contributed by atoms with Gasteiger partial charge in [0, 0.05) is 11.6 Å². The molecule has 2 rings (SSSR count). The van der Waals surface area contributed by atoms with Crippen LogP contribution in [-0.2, 0) is 0 Å². The highest BCUT2D eigenvalue weighted by molar-refractivity contribution is 6.32. The van der Waals surface area contributed by atoms with Crippen LogP contribution < -0.4 is 5.43 Å². The highest BCUT2D eigenvalue weighted by atomic mass is 35.5. The van der Waals surface area contributed by atoms with E-state index in [2.05, 4.69) is 10.5 Å². The average molecular weight is 348 g/mol. The van der Waals surface area contributed by atoms with Crippen LogP contribution in [0.1, 0.15) is 26.3 Å². The Bertz CT molecular complexity index is 834. The van der Waals surface area contributed by atoms with Gasteiger partial charge in [-0.15, -0.1) is 0 Å². The smallest absolute Gasteiger partial charge is 0.335 e. The van der Waals surface area contributed by atoms with Crippen molar-refractivity contribution >= 4 is 35.4 Å². The van der Waals surface area contributed by atoms with E-state index >= 15 is 0 Å². The van der Waals surface area contributed by atoms with Crippen molar-refractivity contribution < 1.29 is 19.6 Å². The largest absolute Gasteiger partial charge is 0.478 e. The molecular formula is C15H10ClN3O5. The van der Waals surface area contributed by atoms with Crippen LogP contribution in [0.5, 0.6) is 0 Å². The number of halogens is 1. The monoisotopic (exact) mass is 347 g/mol. The van der Waals surface area contributed by atoms with Crippen molar-refractivity contribution in [2.45, 2.75) is 0 Å². The number of rotatable bonds is 5. The summed E-state index contributed by atoms with van der Waals surface area (Å²) < 4.78 is 0. The van der Waals surface area contributed by atoms with Crippen LogP contribution in [-0.4, -0.2) is 28.1 Å². The Hall–Kier alpha value is -3.26. The minimum Gasteiger partial charge on any atom is -0.478 e. The van der Waals surface area contributed by atoms with E-state index < -0.39 is 16.8 Å². The summed E-state index contributed by atoms with van der Waals surface area (Å²) in [5.74, 6) is -1.69. The number of carbonyl (C=O) groups excluding carboxylic acids is 1. The first-order chi connectivity index (χ1) is 11.4. The van der Waals surface area contributed by atoms with Gasteiger partial charge in [-0.05, 0) is 29.8 Å². The van der Waals surface area contributed by atoms with Crippen molar-refractivity contribution in [1.29, 1.82) is 0 Å². The molecule has 0 heterocycles. The van der Waals surface area contributed by atoms with E-state index in [0.717, 1.165) is 6.07 Å². The number of amides is 1. The first-order valence-electron chi connectivity index (χ1n) is 6.49. The van der Waals surface area contributed by atoms with Crippen LogP contribution in [0.4, 0.5) is 5.69 Å².